The summed E-state index contributed by atoms with van der Waals surface area (Å²) in [5.74, 6) is 0. The third-order valence-corrected chi connectivity index (χ3v) is 3.62. The predicted molar refractivity (Wildman–Crippen MR) is 66.7 cm³/mol. The van der Waals surface area contributed by atoms with Crippen LogP contribution >= 0.6 is 11.6 Å². The summed E-state index contributed by atoms with van der Waals surface area (Å²) < 4.78 is 0. The maximum atomic E-state index is 9.90. The van der Waals surface area contributed by atoms with Crippen LogP contribution in [0.1, 0.15) is 24.5 Å². The van der Waals surface area contributed by atoms with E-state index in [0.717, 1.165) is 18.5 Å². The minimum Gasteiger partial charge on any atom is -0.387 e. The second kappa shape index (κ2) is 4.66. The van der Waals surface area contributed by atoms with Crippen LogP contribution in [0.2, 0.25) is 5.02 Å². The Labute approximate surface area is 106 Å². The van der Waals surface area contributed by atoms with Gasteiger partial charge in [0.05, 0.1) is 17.2 Å². The van der Waals surface area contributed by atoms with E-state index in [-0.39, 0.29) is 0 Å². The quantitative estimate of drug-likeness (QED) is 0.894. The van der Waals surface area contributed by atoms with Gasteiger partial charge in [-0.15, -0.1) is 0 Å². The molecule has 0 radical (unpaired) electrons. The molecule has 0 atom stereocenters. The second-order valence-electron chi connectivity index (χ2n) is 4.64. The van der Waals surface area contributed by atoms with Crippen molar-refractivity contribution in [2.45, 2.75) is 25.5 Å². The lowest BCUT2D eigenvalue weighted by molar-refractivity contribution is -0.103. The normalized spacial score (nSPS) is 18.5. The van der Waals surface area contributed by atoms with Gasteiger partial charge >= 0.3 is 0 Å². The fourth-order valence-corrected chi connectivity index (χ4v) is 2.35. The molecule has 1 aromatic rings. The van der Waals surface area contributed by atoms with Gasteiger partial charge < -0.3 is 5.11 Å². The number of benzene rings is 1. The number of aliphatic hydroxyl groups is 1. The topological polar surface area (TPSA) is 47.3 Å². The molecule has 3 nitrogen and oxygen atoms in total. The summed E-state index contributed by atoms with van der Waals surface area (Å²) in [6.45, 7) is 4.11. The minimum atomic E-state index is -0.515. The lowest BCUT2D eigenvalue weighted by atomic mass is 9.91. The van der Waals surface area contributed by atoms with E-state index in [1.54, 1.807) is 12.1 Å². The first kappa shape index (κ1) is 12.4. The van der Waals surface area contributed by atoms with Crippen LogP contribution in [0, 0.1) is 11.3 Å². The number of nitrogens with zero attached hydrogens (tertiary/aromatic N) is 2. The molecule has 2 rings (SSSR count). The molecule has 1 heterocycles. The number of hydrogen-bond acceptors (Lipinski definition) is 3. The number of hydrogen-bond donors (Lipinski definition) is 1. The van der Waals surface area contributed by atoms with Crippen molar-refractivity contribution >= 4 is 11.6 Å². The van der Waals surface area contributed by atoms with Crippen molar-refractivity contribution in [3.05, 3.63) is 34.3 Å². The van der Waals surface area contributed by atoms with Crippen molar-refractivity contribution in [2.75, 3.05) is 13.1 Å². The van der Waals surface area contributed by atoms with Crippen molar-refractivity contribution < 1.29 is 5.11 Å². The second-order valence-corrected chi connectivity index (χ2v) is 5.05. The zero-order valence-corrected chi connectivity index (χ0v) is 10.5. The zero-order valence-electron chi connectivity index (χ0n) is 9.78. The Balaban J connectivity index is 2.00. The van der Waals surface area contributed by atoms with Crippen molar-refractivity contribution in [1.29, 1.82) is 5.26 Å². The molecule has 90 valence electrons. The van der Waals surface area contributed by atoms with E-state index in [9.17, 15) is 5.11 Å². The van der Waals surface area contributed by atoms with Crippen LogP contribution in [0.4, 0.5) is 0 Å². The summed E-state index contributed by atoms with van der Waals surface area (Å²) in [5, 5.41) is 19.3. The Morgan fingerprint density at radius 3 is 2.76 bits per heavy atom. The first-order valence-corrected chi connectivity index (χ1v) is 6.07. The van der Waals surface area contributed by atoms with Crippen LogP contribution in [-0.2, 0) is 6.54 Å². The number of β-amino-alcohol motifs (C(OH)–C–C–N with tert-alkyl or cyclic N) is 1. The van der Waals surface area contributed by atoms with E-state index in [4.69, 9.17) is 16.9 Å². The van der Waals surface area contributed by atoms with Crippen LogP contribution in [0.3, 0.4) is 0 Å². The van der Waals surface area contributed by atoms with Crippen LogP contribution in [-0.4, -0.2) is 28.7 Å². The van der Waals surface area contributed by atoms with Crippen LogP contribution < -0.4 is 0 Å². The highest BCUT2D eigenvalue weighted by Crippen LogP contribution is 2.28. The van der Waals surface area contributed by atoms with Gasteiger partial charge in [-0.25, -0.2) is 0 Å². The van der Waals surface area contributed by atoms with Gasteiger partial charge in [-0.1, -0.05) is 24.6 Å². The first-order valence-electron chi connectivity index (χ1n) is 5.69. The SMILES string of the molecule is CCC1(O)CN(Cc2ccc(C#N)cc2Cl)C1. The molecule has 1 aliphatic heterocycles. The molecule has 1 fully saturated rings. The summed E-state index contributed by atoms with van der Waals surface area (Å²) >= 11 is 6.10. The lowest BCUT2D eigenvalue weighted by Gasteiger charge is -2.46. The largest absolute Gasteiger partial charge is 0.387 e. The average molecular weight is 251 g/mol. The molecule has 1 N–H and O–H groups in total. The Morgan fingerprint density at radius 2 is 2.24 bits per heavy atom. The summed E-state index contributed by atoms with van der Waals surface area (Å²) in [7, 11) is 0. The Hall–Kier alpha value is -1.08. The standard InChI is InChI=1S/C13H15ClN2O/c1-2-13(17)8-16(9-13)7-11-4-3-10(6-15)5-12(11)14/h3-5,17H,2,7-9H2,1H3. The van der Waals surface area contributed by atoms with E-state index in [1.165, 1.54) is 0 Å². The van der Waals surface area contributed by atoms with Crippen LogP contribution in [0.5, 0.6) is 0 Å². The van der Waals surface area contributed by atoms with Gasteiger partial charge in [-0.2, -0.15) is 5.26 Å². The van der Waals surface area contributed by atoms with Gasteiger partial charge in [-0.3, -0.25) is 4.90 Å². The molecule has 4 heteroatoms. The molecule has 1 aliphatic rings. The van der Waals surface area contributed by atoms with Gasteiger partial charge in [0, 0.05) is 24.7 Å². The molecule has 0 amide bonds. The van der Waals surface area contributed by atoms with Crippen molar-refractivity contribution in [2.24, 2.45) is 0 Å². The molecular formula is C13H15ClN2O. The Bertz CT molecular complexity index is 461. The number of nitriles is 1. The predicted octanol–water partition coefficient (Wildman–Crippen LogP) is 2.17. The lowest BCUT2D eigenvalue weighted by Crippen LogP contribution is -2.60. The first-order chi connectivity index (χ1) is 8.06. The highest BCUT2D eigenvalue weighted by atomic mass is 35.5. The fraction of sp³-hybridized carbons (Fsp3) is 0.462. The molecule has 0 aromatic heterocycles. The van der Waals surface area contributed by atoms with Gasteiger partial charge in [0.25, 0.3) is 0 Å². The summed E-state index contributed by atoms with van der Waals surface area (Å²) in [4.78, 5) is 2.15. The third-order valence-electron chi connectivity index (χ3n) is 3.27. The van der Waals surface area contributed by atoms with Gasteiger partial charge in [0.1, 0.15) is 0 Å². The molecular weight excluding hydrogens is 236 g/mol. The molecule has 0 saturated carbocycles. The number of halogens is 1. The molecule has 0 bridgehead atoms. The maximum absolute atomic E-state index is 9.90. The van der Waals surface area contributed by atoms with E-state index >= 15 is 0 Å². The van der Waals surface area contributed by atoms with Crippen molar-refractivity contribution in [3.63, 3.8) is 0 Å². The molecule has 0 spiro atoms. The smallest absolute Gasteiger partial charge is 0.0992 e. The highest BCUT2D eigenvalue weighted by molar-refractivity contribution is 6.31. The molecule has 1 aromatic carbocycles. The summed E-state index contributed by atoms with van der Waals surface area (Å²) in [5.41, 5.74) is 1.07. The molecule has 0 unspecified atom stereocenters. The van der Waals surface area contributed by atoms with Crippen LogP contribution in [0.15, 0.2) is 18.2 Å². The third kappa shape index (κ3) is 2.61. The summed E-state index contributed by atoms with van der Waals surface area (Å²) in [6, 6.07) is 7.39. The van der Waals surface area contributed by atoms with E-state index in [0.29, 0.717) is 23.7 Å². The van der Waals surface area contributed by atoms with Crippen LogP contribution in [0.25, 0.3) is 0 Å². The Kier molecular flexibility index (Phi) is 3.39. The summed E-state index contributed by atoms with van der Waals surface area (Å²) in [6.07, 6.45) is 0.782. The minimum absolute atomic E-state index is 0.515. The van der Waals surface area contributed by atoms with E-state index < -0.39 is 5.60 Å². The van der Waals surface area contributed by atoms with E-state index in [2.05, 4.69) is 11.0 Å². The monoisotopic (exact) mass is 250 g/mol. The Morgan fingerprint density at radius 1 is 1.53 bits per heavy atom. The highest BCUT2D eigenvalue weighted by Gasteiger charge is 2.39. The molecule has 0 aliphatic carbocycles. The van der Waals surface area contributed by atoms with Crippen molar-refractivity contribution in [1.82, 2.24) is 4.90 Å². The molecule has 1 saturated heterocycles. The maximum Gasteiger partial charge on any atom is 0.0992 e. The number of likely N-dealkylation sites (tertiary alicyclic amines) is 1. The molecule has 17 heavy (non-hydrogen) atoms. The zero-order chi connectivity index (χ0) is 12.5. The van der Waals surface area contributed by atoms with E-state index in [1.807, 2.05) is 13.0 Å². The van der Waals surface area contributed by atoms with Gasteiger partial charge in [0.15, 0.2) is 0 Å². The fourth-order valence-electron chi connectivity index (χ4n) is 2.11. The van der Waals surface area contributed by atoms with Gasteiger partial charge in [-0.05, 0) is 24.1 Å². The van der Waals surface area contributed by atoms with Gasteiger partial charge in [0.2, 0.25) is 0 Å². The number of rotatable bonds is 3. The average Bonchev–Trinajstić information content (AvgIpc) is 2.29. The van der Waals surface area contributed by atoms with Crippen molar-refractivity contribution in [3.8, 4) is 6.07 Å².